The van der Waals surface area contributed by atoms with Crippen LogP contribution >= 0.6 is 0 Å². The van der Waals surface area contributed by atoms with Gasteiger partial charge in [-0.15, -0.1) is 0 Å². The minimum atomic E-state index is -0.456. The number of aromatic nitrogens is 2. The van der Waals surface area contributed by atoms with E-state index in [2.05, 4.69) is 37.9 Å². The predicted molar refractivity (Wildman–Crippen MR) is 145 cm³/mol. The first-order chi connectivity index (χ1) is 17.8. The molecule has 0 radical (unpaired) electrons. The van der Waals surface area contributed by atoms with E-state index < -0.39 is 5.56 Å². The van der Waals surface area contributed by atoms with E-state index in [1.807, 2.05) is 58.0 Å². The number of carbonyl (C=O) groups excluding carboxylic acids is 1. The van der Waals surface area contributed by atoms with Gasteiger partial charge in [0.1, 0.15) is 12.4 Å². The summed E-state index contributed by atoms with van der Waals surface area (Å²) in [4.78, 5) is 34.1. The van der Waals surface area contributed by atoms with Gasteiger partial charge < -0.3 is 14.2 Å². The standard InChI is InChI=1S/C31H37N3O3/c1-31(2,3)21-33-18-19-34-26(30(33)36)27(37-20-22-12-6-4-7-13-22)29(35)32-28(34)25(24-16-10-11-17-24)23-14-8-5-9-15-23/h4-9,12-15,24-25H,10-11,16-21H2,1-3H3. The van der Waals surface area contributed by atoms with Gasteiger partial charge in [-0.25, -0.2) is 0 Å². The van der Waals surface area contributed by atoms with E-state index in [1.165, 1.54) is 12.8 Å². The van der Waals surface area contributed by atoms with Crippen LogP contribution in [0.2, 0.25) is 0 Å². The summed E-state index contributed by atoms with van der Waals surface area (Å²) in [5.41, 5.74) is 1.92. The van der Waals surface area contributed by atoms with E-state index in [9.17, 15) is 9.59 Å². The van der Waals surface area contributed by atoms with Crippen LogP contribution in [0.1, 0.15) is 79.8 Å². The van der Waals surface area contributed by atoms with Gasteiger partial charge in [-0.1, -0.05) is 94.3 Å². The smallest absolute Gasteiger partial charge is 0.316 e. The molecule has 37 heavy (non-hydrogen) atoms. The maximum absolute atomic E-state index is 14.0. The Balaban J connectivity index is 1.63. The molecule has 5 rings (SSSR count). The molecule has 0 N–H and O–H groups in total. The van der Waals surface area contributed by atoms with Gasteiger partial charge in [0, 0.05) is 25.6 Å². The molecule has 6 heteroatoms. The Labute approximate surface area is 219 Å². The number of benzene rings is 2. The summed E-state index contributed by atoms with van der Waals surface area (Å²) in [6.07, 6.45) is 4.56. The third-order valence-corrected chi connectivity index (χ3v) is 7.45. The molecule has 0 bridgehead atoms. The molecule has 0 spiro atoms. The zero-order valence-electron chi connectivity index (χ0n) is 22.2. The van der Waals surface area contributed by atoms with Crippen molar-refractivity contribution in [2.45, 2.75) is 65.5 Å². The second-order valence-corrected chi connectivity index (χ2v) is 11.6. The Hall–Kier alpha value is -3.41. The Morgan fingerprint density at radius 1 is 0.946 bits per heavy atom. The SMILES string of the molecule is CC(C)(C)CN1CCn2c(C(c3ccccc3)C3CCCC3)nc(=O)c(OCc3ccccc3)c2C1=O. The summed E-state index contributed by atoms with van der Waals surface area (Å²) in [6, 6.07) is 20.1. The zero-order chi connectivity index (χ0) is 26.0. The monoisotopic (exact) mass is 499 g/mol. The number of nitrogens with zero attached hydrogens (tertiary/aromatic N) is 3. The summed E-state index contributed by atoms with van der Waals surface area (Å²) >= 11 is 0. The molecule has 0 saturated heterocycles. The highest BCUT2D eigenvalue weighted by Gasteiger charge is 2.38. The predicted octanol–water partition coefficient (Wildman–Crippen LogP) is 5.65. The minimum absolute atomic E-state index is 0.0275. The molecule has 1 atom stereocenters. The molecule has 2 aromatic carbocycles. The van der Waals surface area contributed by atoms with Crippen LogP contribution in [-0.4, -0.2) is 33.4 Å². The average Bonchev–Trinajstić information content (AvgIpc) is 3.40. The molecule has 1 saturated carbocycles. The number of rotatable bonds is 7. The molecule has 1 amide bonds. The molecular weight excluding hydrogens is 462 g/mol. The number of fused-ring (bicyclic) bond motifs is 1. The lowest BCUT2D eigenvalue weighted by Gasteiger charge is -2.37. The average molecular weight is 500 g/mol. The molecule has 1 fully saturated rings. The lowest BCUT2D eigenvalue weighted by molar-refractivity contribution is 0.0623. The largest absolute Gasteiger partial charge is 0.481 e. The van der Waals surface area contributed by atoms with Crippen molar-refractivity contribution in [3.63, 3.8) is 0 Å². The maximum Gasteiger partial charge on any atom is 0.316 e. The van der Waals surface area contributed by atoms with Gasteiger partial charge in [-0.3, -0.25) is 9.59 Å². The van der Waals surface area contributed by atoms with Crippen molar-refractivity contribution in [1.29, 1.82) is 0 Å². The quantitative estimate of drug-likeness (QED) is 0.422. The van der Waals surface area contributed by atoms with E-state index >= 15 is 0 Å². The van der Waals surface area contributed by atoms with E-state index in [1.54, 1.807) is 0 Å². The van der Waals surface area contributed by atoms with Crippen LogP contribution in [-0.2, 0) is 13.2 Å². The van der Waals surface area contributed by atoms with Crippen LogP contribution in [0.3, 0.4) is 0 Å². The Kier molecular flexibility index (Phi) is 7.18. The Morgan fingerprint density at radius 2 is 1.59 bits per heavy atom. The third kappa shape index (κ3) is 5.48. The normalized spacial score (nSPS) is 17.1. The topological polar surface area (TPSA) is 64.4 Å². The molecular formula is C31H37N3O3. The summed E-state index contributed by atoms with van der Waals surface area (Å²) in [5.74, 6) is 0.983. The van der Waals surface area contributed by atoms with Gasteiger partial charge in [-0.05, 0) is 35.3 Å². The van der Waals surface area contributed by atoms with Crippen molar-refractivity contribution in [1.82, 2.24) is 14.5 Å². The second kappa shape index (κ2) is 10.5. The molecule has 1 aliphatic heterocycles. The summed E-state index contributed by atoms with van der Waals surface area (Å²) in [7, 11) is 0. The molecule has 2 aliphatic rings. The lowest BCUT2D eigenvalue weighted by atomic mass is 9.83. The zero-order valence-corrected chi connectivity index (χ0v) is 22.2. The molecule has 2 heterocycles. The van der Waals surface area contributed by atoms with Gasteiger partial charge in [-0.2, -0.15) is 4.98 Å². The molecule has 1 aliphatic carbocycles. The van der Waals surface area contributed by atoms with Gasteiger partial charge in [0.2, 0.25) is 5.75 Å². The highest BCUT2D eigenvalue weighted by atomic mass is 16.5. The summed E-state index contributed by atoms with van der Waals surface area (Å²) in [5, 5.41) is 0. The van der Waals surface area contributed by atoms with Gasteiger partial charge in [0.15, 0.2) is 5.69 Å². The number of carbonyl (C=O) groups is 1. The first kappa shape index (κ1) is 25.2. The van der Waals surface area contributed by atoms with Crippen LogP contribution < -0.4 is 10.3 Å². The molecule has 6 nitrogen and oxygen atoms in total. The first-order valence-corrected chi connectivity index (χ1v) is 13.5. The van der Waals surface area contributed by atoms with E-state index in [-0.39, 0.29) is 29.6 Å². The molecule has 1 aromatic heterocycles. The van der Waals surface area contributed by atoms with Crippen LogP contribution in [0.15, 0.2) is 65.5 Å². The number of ether oxygens (including phenoxy) is 1. The van der Waals surface area contributed by atoms with Crippen molar-refractivity contribution in [3.8, 4) is 5.75 Å². The molecule has 1 unspecified atom stereocenters. The highest BCUT2D eigenvalue weighted by Crippen LogP contribution is 2.41. The third-order valence-electron chi connectivity index (χ3n) is 7.45. The Morgan fingerprint density at radius 3 is 2.24 bits per heavy atom. The van der Waals surface area contributed by atoms with E-state index in [0.717, 1.165) is 24.0 Å². The number of hydrogen-bond acceptors (Lipinski definition) is 4. The second-order valence-electron chi connectivity index (χ2n) is 11.6. The fraction of sp³-hybridized carbons (Fsp3) is 0.452. The number of hydrogen-bond donors (Lipinski definition) is 0. The number of amides is 1. The lowest BCUT2D eigenvalue weighted by Crippen LogP contribution is -2.47. The van der Waals surface area contributed by atoms with Gasteiger partial charge >= 0.3 is 5.56 Å². The minimum Gasteiger partial charge on any atom is -0.481 e. The van der Waals surface area contributed by atoms with E-state index in [0.29, 0.717) is 37.1 Å². The fourth-order valence-corrected chi connectivity index (χ4v) is 5.87. The van der Waals surface area contributed by atoms with Gasteiger partial charge in [0.25, 0.3) is 5.91 Å². The van der Waals surface area contributed by atoms with Gasteiger partial charge in [0.05, 0.1) is 0 Å². The Bertz CT molecular complexity index is 1290. The van der Waals surface area contributed by atoms with Crippen LogP contribution in [0.5, 0.6) is 5.75 Å². The highest BCUT2D eigenvalue weighted by molar-refractivity contribution is 5.96. The van der Waals surface area contributed by atoms with Crippen molar-refractivity contribution < 1.29 is 9.53 Å². The van der Waals surface area contributed by atoms with Crippen LogP contribution in [0, 0.1) is 11.3 Å². The van der Waals surface area contributed by atoms with Crippen LogP contribution in [0.25, 0.3) is 0 Å². The van der Waals surface area contributed by atoms with Crippen molar-refractivity contribution >= 4 is 5.91 Å². The molecule has 3 aromatic rings. The van der Waals surface area contributed by atoms with E-state index in [4.69, 9.17) is 4.74 Å². The molecule has 194 valence electrons. The van der Waals surface area contributed by atoms with Crippen molar-refractivity contribution in [2.75, 3.05) is 13.1 Å². The maximum atomic E-state index is 14.0. The van der Waals surface area contributed by atoms with Crippen molar-refractivity contribution in [3.05, 3.63) is 93.7 Å². The van der Waals surface area contributed by atoms with Crippen molar-refractivity contribution in [2.24, 2.45) is 11.3 Å². The summed E-state index contributed by atoms with van der Waals surface area (Å²) < 4.78 is 8.09. The first-order valence-electron chi connectivity index (χ1n) is 13.5. The summed E-state index contributed by atoms with van der Waals surface area (Å²) in [6.45, 7) is 8.37. The fourth-order valence-electron chi connectivity index (χ4n) is 5.87. The van der Waals surface area contributed by atoms with Crippen LogP contribution in [0.4, 0.5) is 0 Å².